The minimum absolute atomic E-state index is 0.0636. The average molecular weight is 533 g/mol. The Kier molecular flexibility index (Phi) is 6.61. The zero-order chi connectivity index (χ0) is 24.8. The molecule has 7 nitrogen and oxygen atoms in total. The highest BCUT2D eigenvalue weighted by Gasteiger charge is 2.51. The molecule has 0 spiro atoms. The fourth-order valence-corrected chi connectivity index (χ4v) is 7.17. The molecule has 1 aromatic carbocycles. The number of pyridine rings is 1. The largest absolute Gasteiger partial charge is 0.481 e. The fraction of sp³-hybridized carbons (Fsp3) is 0.409. The summed E-state index contributed by atoms with van der Waals surface area (Å²) in [7, 11) is -4.11. The van der Waals surface area contributed by atoms with Gasteiger partial charge in [-0.05, 0) is 48.2 Å². The summed E-state index contributed by atoms with van der Waals surface area (Å²) in [5.41, 5.74) is 1.27. The van der Waals surface area contributed by atoms with Crippen molar-refractivity contribution < 1.29 is 31.9 Å². The number of likely N-dealkylation sites (tertiary alicyclic amines) is 1. The molecule has 0 unspecified atom stereocenters. The standard InChI is InChI=1S/C22H20Cl2F2N2O5S/c23-17-7-12(13-3-5-27-19(24)8-13)1-2-18(17)34(32,33)14-9-15(16(10-14)21(30)31)20(29)28-6-4-22(25,26)11-28/h1-3,5,7-8,14-16H,4,6,9-11H2,(H,30,31)/t14-,15-,16-/m1/s1. The molecule has 2 aromatic rings. The van der Waals surface area contributed by atoms with Crippen molar-refractivity contribution in [1.29, 1.82) is 0 Å². The van der Waals surface area contributed by atoms with E-state index in [1.165, 1.54) is 18.3 Å². The van der Waals surface area contributed by atoms with E-state index in [4.69, 9.17) is 23.2 Å². The lowest BCUT2D eigenvalue weighted by atomic mass is 9.95. The summed E-state index contributed by atoms with van der Waals surface area (Å²) in [6.45, 7) is -0.989. The van der Waals surface area contributed by atoms with E-state index in [0.29, 0.717) is 11.1 Å². The predicted molar refractivity (Wildman–Crippen MR) is 121 cm³/mol. The molecule has 1 aliphatic carbocycles. The summed E-state index contributed by atoms with van der Waals surface area (Å²) in [6.07, 6.45) is 0.401. The van der Waals surface area contributed by atoms with Gasteiger partial charge in [0.15, 0.2) is 9.84 Å². The fourth-order valence-electron chi connectivity index (χ4n) is 4.62. The molecular weight excluding hydrogens is 513 g/mol. The molecule has 1 aliphatic heterocycles. The number of aromatic nitrogens is 1. The van der Waals surface area contributed by atoms with Crippen molar-refractivity contribution in [1.82, 2.24) is 9.88 Å². The van der Waals surface area contributed by atoms with Crippen molar-refractivity contribution in [3.05, 3.63) is 46.7 Å². The number of carboxylic acid groups (broad SMARTS) is 1. The molecule has 2 heterocycles. The van der Waals surface area contributed by atoms with Gasteiger partial charge >= 0.3 is 5.97 Å². The van der Waals surface area contributed by atoms with Crippen molar-refractivity contribution in [2.75, 3.05) is 13.1 Å². The smallest absolute Gasteiger partial charge is 0.307 e. The molecule has 12 heteroatoms. The summed E-state index contributed by atoms with van der Waals surface area (Å²) in [5.74, 6) is -7.62. The minimum Gasteiger partial charge on any atom is -0.481 e. The van der Waals surface area contributed by atoms with Gasteiger partial charge in [-0.25, -0.2) is 22.2 Å². The summed E-state index contributed by atoms with van der Waals surface area (Å²) >= 11 is 12.2. The molecule has 0 radical (unpaired) electrons. The molecule has 1 aromatic heterocycles. The van der Waals surface area contributed by atoms with E-state index < -0.39 is 57.7 Å². The van der Waals surface area contributed by atoms with Gasteiger partial charge in [0.25, 0.3) is 5.92 Å². The summed E-state index contributed by atoms with van der Waals surface area (Å²) in [4.78, 5) is 29.3. The lowest BCUT2D eigenvalue weighted by molar-refractivity contribution is -0.149. The van der Waals surface area contributed by atoms with Crippen LogP contribution in [0, 0.1) is 11.8 Å². The predicted octanol–water partition coefficient (Wildman–Crippen LogP) is 4.18. The van der Waals surface area contributed by atoms with Crippen LogP contribution in [0.3, 0.4) is 0 Å². The molecule has 4 rings (SSSR count). The van der Waals surface area contributed by atoms with Crippen LogP contribution in [0.25, 0.3) is 11.1 Å². The van der Waals surface area contributed by atoms with Crippen LogP contribution in [0.4, 0.5) is 8.78 Å². The van der Waals surface area contributed by atoms with Crippen LogP contribution in [0.5, 0.6) is 0 Å². The number of benzene rings is 1. The summed E-state index contributed by atoms with van der Waals surface area (Å²) in [6, 6.07) is 7.60. The quantitative estimate of drug-likeness (QED) is 0.579. The first-order valence-electron chi connectivity index (χ1n) is 10.4. The minimum atomic E-state index is -4.11. The first-order chi connectivity index (χ1) is 15.9. The number of amides is 1. The molecule has 34 heavy (non-hydrogen) atoms. The number of aliphatic carboxylic acids is 1. The first-order valence-corrected chi connectivity index (χ1v) is 12.7. The van der Waals surface area contributed by atoms with Crippen LogP contribution >= 0.6 is 23.2 Å². The highest BCUT2D eigenvalue weighted by Crippen LogP contribution is 2.42. The van der Waals surface area contributed by atoms with Gasteiger partial charge in [-0.15, -0.1) is 0 Å². The van der Waals surface area contributed by atoms with E-state index in [1.54, 1.807) is 18.2 Å². The Morgan fingerprint density at radius 2 is 1.76 bits per heavy atom. The van der Waals surface area contributed by atoms with E-state index in [2.05, 4.69) is 4.98 Å². The van der Waals surface area contributed by atoms with Crippen LogP contribution in [0.1, 0.15) is 19.3 Å². The van der Waals surface area contributed by atoms with Crippen LogP contribution < -0.4 is 0 Å². The molecule has 182 valence electrons. The van der Waals surface area contributed by atoms with Crippen molar-refractivity contribution in [2.24, 2.45) is 11.8 Å². The summed E-state index contributed by atoms with van der Waals surface area (Å²) in [5, 5.41) is 8.61. The number of carbonyl (C=O) groups is 2. The average Bonchev–Trinajstić information content (AvgIpc) is 3.37. The Labute approximate surface area is 204 Å². The van der Waals surface area contributed by atoms with E-state index in [0.717, 1.165) is 4.90 Å². The van der Waals surface area contributed by atoms with Gasteiger partial charge in [-0.1, -0.05) is 29.3 Å². The Balaban J connectivity index is 1.60. The van der Waals surface area contributed by atoms with Crippen LogP contribution in [-0.4, -0.2) is 59.5 Å². The number of sulfone groups is 1. The van der Waals surface area contributed by atoms with Gasteiger partial charge < -0.3 is 10.0 Å². The van der Waals surface area contributed by atoms with Crippen molar-refractivity contribution >= 4 is 44.9 Å². The molecular formula is C22H20Cl2F2N2O5S. The number of nitrogens with zero attached hydrogens (tertiary/aromatic N) is 2. The number of halogens is 4. The normalized spacial score (nSPS) is 24.4. The van der Waals surface area contributed by atoms with E-state index >= 15 is 0 Å². The Hall–Kier alpha value is -2.30. The molecule has 1 saturated carbocycles. The SMILES string of the molecule is O=C(O)[C@@H]1C[C@H](S(=O)(=O)c2ccc(-c3ccnc(Cl)c3)cc2Cl)C[C@H]1C(=O)N1CCC(F)(F)C1. The molecule has 2 fully saturated rings. The maximum atomic E-state index is 13.6. The van der Waals surface area contributed by atoms with E-state index in [1.807, 2.05) is 0 Å². The molecule has 2 aliphatic rings. The van der Waals surface area contributed by atoms with Gasteiger partial charge in [-0.3, -0.25) is 9.59 Å². The maximum Gasteiger partial charge on any atom is 0.307 e. The van der Waals surface area contributed by atoms with Crippen molar-refractivity contribution in [3.63, 3.8) is 0 Å². The first kappa shape index (κ1) is 24.8. The maximum absolute atomic E-state index is 13.6. The monoisotopic (exact) mass is 532 g/mol. The third kappa shape index (κ3) is 4.76. The Morgan fingerprint density at radius 1 is 1.09 bits per heavy atom. The second-order valence-corrected chi connectivity index (χ2v) is 11.6. The highest BCUT2D eigenvalue weighted by atomic mass is 35.5. The lowest BCUT2D eigenvalue weighted by Crippen LogP contribution is -2.39. The zero-order valence-corrected chi connectivity index (χ0v) is 20.0. The van der Waals surface area contributed by atoms with Gasteiger partial charge in [-0.2, -0.15) is 0 Å². The van der Waals surface area contributed by atoms with Gasteiger partial charge in [0.05, 0.1) is 33.5 Å². The third-order valence-corrected chi connectivity index (χ3v) is 9.24. The van der Waals surface area contributed by atoms with Crippen molar-refractivity contribution in [2.45, 2.75) is 35.3 Å². The molecule has 1 saturated heterocycles. The number of carboxylic acids is 1. The molecule has 0 bridgehead atoms. The number of hydrogen-bond acceptors (Lipinski definition) is 5. The number of alkyl halides is 2. The number of rotatable bonds is 5. The van der Waals surface area contributed by atoms with Crippen molar-refractivity contribution in [3.8, 4) is 11.1 Å². The number of hydrogen-bond donors (Lipinski definition) is 1. The molecule has 3 atom stereocenters. The van der Waals surface area contributed by atoms with Crippen LogP contribution in [0.15, 0.2) is 41.4 Å². The van der Waals surface area contributed by atoms with Crippen LogP contribution in [-0.2, 0) is 19.4 Å². The highest BCUT2D eigenvalue weighted by molar-refractivity contribution is 7.92. The summed E-state index contributed by atoms with van der Waals surface area (Å²) < 4.78 is 53.9. The lowest BCUT2D eigenvalue weighted by Gasteiger charge is -2.22. The Morgan fingerprint density at radius 3 is 2.35 bits per heavy atom. The number of carbonyl (C=O) groups excluding carboxylic acids is 1. The van der Waals surface area contributed by atoms with Gasteiger partial charge in [0.1, 0.15) is 5.15 Å². The van der Waals surface area contributed by atoms with E-state index in [9.17, 15) is 31.9 Å². The molecule has 1 amide bonds. The topological polar surface area (TPSA) is 105 Å². The zero-order valence-electron chi connectivity index (χ0n) is 17.6. The Bertz CT molecular complexity index is 1260. The van der Waals surface area contributed by atoms with Gasteiger partial charge in [0, 0.05) is 19.2 Å². The third-order valence-electron chi connectivity index (χ3n) is 6.37. The van der Waals surface area contributed by atoms with Crippen LogP contribution in [0.2, 0.25) is 10.2 Å². The van der Waals surface area contributed by atoms with Gasteiger partial charge in [0.2, 0.25) is 5.91 Å². The second-order valence-electron chi connectivity index (χ2n) is 8.57. The second kappa shape index (κ2) is 9.05. The molecule has 1 N–H and O–H groups in total. The van der Waals surface area contributed by atoms with E-state index in [-0.39, 0.29) is 34.5 Å².